The lowest BCUT2D eigenvalue weighted by atomic mass is 10.4. The normalized spacial score (nSPS) is 10.2. The minimum atomic E-state index is -0.921. The van der Waals surface area contributed by atoms with Gasteiger partial charge in [0, 0.05) is 31.9 Å². The van der Waals surface area contributed by atoms with E-state index < -0.39 is 5.97 Å². The summed E-state index contributed by atoms with van der Waals surface area (Å²) in [5.41, 5.74) is 0.930. The Kier molecular flexibility index (Phi) is 4.70. The molecule has 0 aliphatic heterocycles. The van der Waals surface area contributed by atoms with E-state index in [1.54, 1.807) is 24.7 Å². The molecular formula is C11H18N4O3. The first-order chi connectivity index (χ1) is 8.43. The molecule has 7 nitrogen and oxygen atoms in total. The van der Waals surface area contributed by atoms with Crippen LogP contribution in [0.15, 0.2) is 6.07 Å². The van der Waals surface area contributed by atoms with E-state index >= 15 is 0 Å². The Bertz CT molecular complexity index is 422. The van der Waals surface area contributed by atoms with Crippen molar-refractivity contribution >= 4 is 17.8 Å². The van der Waals surface area contributed by atoms with E-state index in [0.717, 1.165) is 5.69 Å². The van der Waals surface area contributed by atoms with Crippen LogP contribution < -0.4 is 5.32 Å². The fourth-order valence-electron chi connectivity index (χ4n) is 1.44. The Balaban J connectivity index is 2.59. The largest absolute Gasteiger partial charge is 0.481 e. The third-order valence-electron chi connectivity index (χ3n) is 2.61. The molecule has 0 atom stereocenters. The van der Waals surface area contributed by atoms with Crippen molar-refractivity contribution in [2.45, 2.75) is 20.3 Å². The average Bonchev–Trinajstić information content (AvgIpc) is 2.58. The number of nitrogens with zero attached hydrogens (tertiary/aromatic N) is 3. The van der Waals surface area contributed by atoms with Gasteiger partial charge >= 0.3 is 12.0 Å². The predicted molar refractivity (Wildman–Crippen MR) is 66.5 cm³/mol. The lowest BCUT2D eigenvalue weighted by molar-refractivity contribution is -0.137. The van der Waals surface area contributed by atoms with Crippen molar-refractivity contribution in [2.24, 2.45) is 7.05 Å². The minimum Gasteiger partial charge on any atom is -0.481 e. The summed E-state index contributed by atoms with van der Waals surface area (Å²) in [4.78, 5) is 23.8. The van der Waals surface area contributed by atoms with E-state index in [9.17, 15) is 9.59 Å². The summed E-state index contributed by atoms with van der Waals surface area (Å²) in [6.07, 6.45) is -0.0670. The average molecular weight is 254 g/mol. The van der Waals surface area contributed by atoms with Crippen molar-refractivity contribution in [1.82, 2.24) is 14.7 Å². The summed E-state index contributed by atoms with van der Waals surface area (Å²) in [5, 5.41) is 15.3. The Hall–Kier alpha value is -2.05. The van der Waals surface area contributed by atoms with Crippen molar-refractivity contribution in [1.29, 1.82) is 0 Å². The topological polar surface area (TPSA) is 87.5 Å². The molecular weight excluding hydrogens is 236 g/mol. The molecule has 0 radical (unpaired) electrons. The van der Waals surface area contributed by atoms with Crippen molar-refractivity contribution in [2.75, 3.05) is 18.4 Å². The van der Waals surface area contributed by atoms with Crippen LogP contribution in [0, 0.1) is 6.92 Å². The molecule has 0 aromatic carbocycles. The van der Waals surface area contributed by atoms with E-state index in [-0.39, 0.29) is 19.0 Å². The van der Waals surface area contributed by atoms with Gasteiger partial charge < -0.3 is 10.0 Å². The van der Waals surface area contributed by atoms with Gasteiger partial charge in [0.05, 0.1) is 6.42 Å². The molecule has 2 amide bonds. The number of carbonyl (C=O) groups is 2. The lowest BCUT2D eigenvalue weighted by Crippen LogP contribution is -2.36. The maximum Gasteiger partial charge on any atom is 0.323 e. The molecule has 2 N–H and O–H groups in total. The van der Waals surface area contributed by atoms with Gasteiger partial charge in [0.2, 0.25) is 0 Å². The molecule has 0 aliphatic carbocycles. The maximum absolute atomic E-state index is 11.8. The molecule has 1 rings (SSSR count). The molecule has 18 heavy (non-hydrogen) atoms. The molecule has 0 unspecified atom stereocenters. The number of carboxylic acids is 1. The van der Waals surface area contributed by atoms with Crippen molar-refractivity contribution < 1.29 is 14.7 Å². The van der Waals surface area contributed by atoms with Gasteiger partial charge in [0.1, 0.15) is 0 Å². The number of hydrogen-bond donors (Lipinski definition) is 2. The van der Waals surface area contributed by atoms with E-state index in [4.69, 9.17) is 5.11 Å². The van der Waals surface area contributed by atoms with Crippen LogP contribution in [0.25, 0.3) is 0 Å². The first-order valence-corrected chi connectivity index (χ1v) is 5.72. The van der Waals surface area contributed by atoms with Crippen LogP contribution in [0.5, 0.6) is 0 Å². The van der Waals surface area contributed by atoms with Crippen LogP contribution in [0.2, 0.25) is 0 Å². The van der Waals surface area contributed by atoms with Crippen molar-refractivity contribution in [3.8, 4) is 0 Å². The summed E-state index contributed by atoms with van der Waals surface area (Å²) >= 11 is 0. The van der Waals surface area contributed by atoms with Crippen molar-refractivity contribution in [3.63, 3.8) is 0 Å². The molecule has 0 bridgehead atoms. The van der Waals surface area contributed by atoms with Gasteiger partial charge in [-0.25, -0.2) is 4.79 Å². The van der Waals surface area contributed by atoms with E-state index in [2.05, 4.69) is 10.4 Å². The monoisotopic (exact) mass is 254 g/mol. The number of nitrogens with one attached hydrogen (secondary N) is 1. The molecule has 0 saturated carbocycles. The maximum atomic E-state index is 11.8. The first kappa shape index (κ1) is 14.0. The van der Waals surface area contributed by atoms with E-state index in [0.29, 0.717) is 12.4 Å². The van der Waals surface area contributed by atoms with Gasteiger partial charge in [0.15, 0.2) is 5.82 Å². The molecule has 100 valence electrons. The SMILES string of the molecule is CCN(CCC(=O)O)C(=O)Nc1cc(C)n(C)n1. The number of aryl methyl sites for hydroxylation is 2. The van der Waals surface area contributed by atoms with Gasteiger partial charge in [0.25, 0.3) is 0 Å². The number of rotatable bonds is 5. The smallest absolute Gasteiger partial charge is 0.323 e. The minimum absolute atomic E-state index is 0.0670. The van der Waals surface area contributed by atoms with Crippen LogP contribution in [0.3, 0.4) is 0 Å². The third-order valence-corrected chi connectivity index (χ3v) is 2.61. The molecule has 0 spiro atoms. The summed E-state index contributed by atoms with van der Waals surface area (Å²) in [6, 6.07) is 1.42. The Morgan fingerprint density at radius 3 is 2.67 bits per heavy atom. The second-order valence-electron chi connectivity index (χ2n) is 3.95. The first-order valence-electron chi connectivity index (χ1n) is 5.72. The number of urea groups is 1. The fraction of sp³-hybridized carbons (Fsp3) is 0.545. The van der Waals surface area contributed by atoms with Crippen LogP contribution in [0.1, 0.15) is 19.0 Å². The van der Waals surface area contributed by atoms with Crippen LogP contribution in [0.4, 0.5) is 10.6 Å². The van der Waals surface area contributed by atoms with Gasteiger partial charge in [-0.1, -0.05) is 0 Å². The highest BCUT2D eigenvalue weighted by atomic mass is 16.4. The summed E-state index contributed by atoms with van der Waals surface area (Å²) in [6.45, 7) is 4.31. The van der Waals surface area contributed by atoms with Gasteiger partial charge in [-0.05, 0) is 13.8 Å². The van der Waals surface area contributed by atoms with Crippen LogP contribution >= 0.6 is 0 Å². The quantitative estimate of drug-likeness (QED) is 0.822. The highest BCUT2D eigenvalue weighted by molar-refractivity contribution is 5.88. The highest BCUT2D eigenvalue weighted by Crippen LogP contribution is 2.08. The molecule has 0 fully saturated rings. The third kappa shape index (κ3) is 3.76. The standard InChI is InChI=1S/C11H18N4O3/c1-4-15(6-5-10(16)17)11(18)12-9-7-8(2)14(3)13-9/h7H,4-6H2,1-3H3,(H,16,17)(H,12,13,18). The number of amides is 2. The Morgan fingerprint density at radius 2 is 2.22 bits per heavy atom. The van der Waals surface area contributed by atoms with Crippen LogP contribution in [-0.4, -0.2) is 44.9 Å². The number of aliphatic carboxylic acids is 1. The zero-order valence-electron chi connectivity index (χ0n) is 10.8. The lowest BCUT2D eigenvalue weighted by Gasteiger charge is -2.19. The second kappa shape index (κ2) is 6.04. The molecule has 1 aromatic rings. The van der Waals surface area contributed by atoms with E-state index in [1.165, 1.54) is 4.90 Å². The highest BCUT2D eigenvalue weighted by Gasteiger charge is 2.14. The summed E-state index contributed by atoms with van der Waals surface area (Å²) in [5.74, 6) is -0.455. The number of anilines is 1. The zero-order valence-corrected chi connectivity index (χ0v) is 10.8. The van der Waals surface area contributed by atoms with Gasteiger partial charge in [-0.15, -0.1) is 0 Å². The molecule has 7 heteroatoms. The molecule has 0 saturated heterocycles. The summed E-state index contributed by atoms with van der Waals surface area (Å²) < 4.78 is 1.66. The number of carbonyl (C=O) groups excluding carboxylic acids is 1. The predicted octanol–water partition coefficient (Wildman–Crippen LogP) is 1.06. The van der Waals surface area contributed by atoms with E-state index in [1.807, 2.05) is 6.92 Å². The molecule has 1 aromatic heterocycles. The number of carboxylic acid groups (broad SMARTS) is 1. The fourth-order valence-corrected chi connectivity index (χ4v) is 1.44. The van der Waals surface area contributed by atoms with Crippen LogP contribution in [-0.2, 0) is 11.8 Å². The van der Waals surface area contributed by atoms with Gasteiger partial charge in [-0.3, -0.25) is 14.8 Å². The number of hydrogen-bond acceptors (Lipinski definition) is 3. The Labute approximate surface area is 105 Å². The number of aromatic nitrogens is 2. The molecule has 1 heterocycles. The van der Waals surface area contributed by atoms with Gasteiger partial charge in [-0.2, -0.15) is 5.10 Å². The van der Waals surface area contributed by atoms with Crippen molar-refractivity contribution in [3.05, 3.63) is 11.8 Å². The Morgan fingerprint density at radius 1 is 1.56 bits per heavy atom. The zero-order chi connectivity index (χ0) is 13.7. The second-order valence-corrected chi connectivity index (χ2v) is 3.95. The molecule has 0 aliphatic rings. The summed E-state index contributed by atoms with van der Waals surface area (Å²) in [7, 11) is 1.78.